The van der Waals surface area contributed by atoms with Crippen molar-refractivity contribution in [3.63, 3.8) is 0 Å². The molecule has 1 aliphatic carbocycles. The highest BCUT2D eigenvalue weighted by atomic mass is 35.5. The summed E-state index contributed by atoms with van der Waals surface area (Å²) in [6.45, 7) is 2.25. The van der Waals surface area contributed by atoms with Crippen LogP contribution in [0.3, 0.4) is 0 Å². The normalized spacial score (nSPS) is 16.5. The number of nitrogens with one attached hydrogen (secondary N) is 1. The van der Waals surface area contributed by atoms with Gasteiger partial charge >= 0.3 is 0 Å². The van der Waals surface area contributed by atoms with Crippen molar-refractivity contribution in [1.82, 2.24) is 4.98 Å². The Labute approximate surface area is 165 Å². The van der Waals surface area contributed by atoms with Crippen molar-refractivity contribution in [2.45, 2.75) is 26.2 Å². The van der Waals surface area contributed by atoms with E-state index in [2.05, 4.69) is 18.3 Å². The number of nitrogen functional groups attached to an aromatic ring is 1. The minimum Gasteiger partial charge on any atom is -0.397 e. The lowest BCUT2D eigenvalue weighted by Gasteiger charge is -2.20. The summed E-state index contributed by atoms with van der Waals surface area (Å²) in [5.41, 5.74) is 9.62. The second kappa shape index (κ2) is 6.72. The standard InChI is InChI=1S/C19H17Cl2N3OS/c1-9-2-4-14-10(6-9)7-12-16(22)17(26-19(12)24-14)18(25)23-15-5-3-11(20)8-13(15)21/h3,5,7-9H,2,4,6,22H2,1H3,(H,23,25). The van der Waals surface area contributed by atoms with Crippen molar-refractivity contribution in [2.24, 2.45) is 5.92 Å². The zero-order valence-electron chi connectivity index (χ0n) is 14.1. The molecule has 3 N–H and O–H groups in total. The number of aryl methyl sites for hydroxylation is 1. The number of aromatic nitrogens is 1. The summed E-state index contributed by atoms with van der Waals surface area (Å²) in [6.07, 6.45) is 3.14. The molecule has 26 heavy (non-hydrogen) atoms. The Bertz CT molecular complexity index is 1030. The Balaban J connectivity index is 1.70. The van der Waals surface area contributed by atoms with Gasteiger partial charge in [0.15, 0.2) is 0 Å². The summed E-state index contributed by atoms with van der Waals surface area (Å²) in [5, 5.41) is 4.56. The van der Waals surface area contributed by atoms with Crippen LogP contribution in [0, 0.1) is 5.92 Å². The van der Waals surface area contributed by atoms with Crippen LogP contribution in [0.25, 0.3) is 10.2 Å². The highest BCUT2D eigenvalue weighted by Crippen LogP contribution is 2.37. The van der Waals surface area contributed by atoms with E-state index in [0.29, 0.717) is 32.2 Å². The fourth-order valence-corrected chi connectivity index (χ4v) is 4.76. The van der Waals surface area contributed by atoms with E-state index in [1.165, 1.54) is 16.9 Å². The van der Waals surface area contributed by atoms with Crippen LogP contribution in [0.15, 0.2) is 24.3 Å². The molecule has 0 spiro atoms. The van der Waals surface area contributed by atoms with E-state index in [-0.39, 0.29) is 5.91 Å². The molecular formula is C19H17Cl2N3OS. The van der Waals surface area contributed by atoms with Crippen LogP contribution >= 0.6 is 34.5 Å². The van der Waals surface area contributed by atoms with Crippen LogP contribution in [-0.4, -0.2) is 10.9 Å². The average Bonchev–Trinajstić information content (AvgIpc) is 2.92. The Morgan fingerprint density at radius 3 is 2.92 bits per heavy atom. The fraction of sp³-hybridized carbons (Fsp3) is 0.263. The van der Waals surface area contributed by atoms with Crippen molar-refractivity contribution in [2.75, 3.05) is 11.1 Å². The number of hydrogen-bond acceptors (Lipinski definition) is 4. The zero-order chi connectivity index (χ0) is 18.4. The molecule has 3 aromatic rings. The first kappa shape index (κ1) is 17.6. The molecule has 0 fully saturated rings. The summed E-state index contributed by atoms with van der Waals surface area (Å²) in [6, 6.07) is 7.04. The molecule has 1 amide bonds. The number of nitrogens with two attached hydrogens (primary N) is 1. The van der Waals surface area contributed by atoms with Crippen molar-refractivity contribution in [3.05, 3.63) is 50.4 Å². The molecule has 0 saturated carbocycles. The van der Waals surface area contributed by atoms with Gasteiger partial charge in [-0.05, 0) is 55.0 Å². The molecule has 4 rings (SSSR count). The summed E-state index contributed by atoms with van der Waals surface area (Å²) < 4.78 is 0. The third-order valence-electron chi connectivity index (χ3n) is 4.72. The van der Waals surface area contributed by atoms with Crippen LogP contribution in [0.2, 0.25) is 10.0 Å². The number of fused-ring (bicyclic) bond motifs is 2. The van der Waals surface area contributed by atoms with E-state index in [4.69, 9.17) is 33.9 Å². The van der Waals surface area contributed by atoms with Crippen molar-refractivity contribution < 1.29 is 4.79 Å². The molecule has 0 radical (unpaired) electrons. The molecule has 1 unspecified atom stereocenters. The molecule has 0 saturated heterocycles. The molecule has 0 bridgehead atoms. The lowest BCUT2D eigenvalue weighted by Crippen LogP contribution is -2.13. The summed E-state index contributed by atoms with van der Waals surface area (Å²) >= 11 is 13.4. The number of anilines is 2. The van der Waals surface area contributed by atoms with E-state index in [1.807, 2.05) is 0 Å². The fourth-order valence-electron chi connectivity index (χ4n) is 3.31. The SMILES string of the molecule is CC1CCc2nc3sc(C(=O)Nc4ccc(Cl)cc4Cl)c(N)c3cc2C1. The van der Waals surface area contributed by atoms with Gasteiger partial charge in [0.25, 0.3) is 5.91 Å². The molecular weight excluding hydrogens is 389 g/mol. The number of carbonyl (C=O) groups excluding carboxylic acids is 1. The maximum atomic E-state index is 12.7. The van der Waals surface area contributed by atoms with Crippen molar-refractivity contribution >= 4 is 62.0 Å². The number of amides is 1. The second-order valence-electron chi connectivity index (χ2n) is 6.72. The maximum Gasteiger partial charge on any atom is 0.267 e. The number of halogens is 2. The Hall–Kier alpha value is -1.82. The van der Waals surface area contributed by atoms with E-state index < -0.39 is 0 Å². The number of thiophene rings is 1. The molecule has 0 aliphatic heterocycles. The van der Waals surface area contributed by atoms with Gasteiger partial charge in [-0.25, -0.2) is 4.98 Å². The van der Waals surface area contributed by atoms with E-state index in [0.717, 1.165) is 35.2 Å². The van der Waals surface area contributed by atoms with Gasteiger partial charge in [0, 0.05) is 16.1 Å². The molecule has 4 nitrogen and oxygen atoms in total. The maximum absolute atomic E-state index is 12.7. The monoisotopic (exact) mass is 405 g/mol. The van der Waals surface area contributed by atoms with Gasteiger partial charge in [-0.15, -0.1) is 11.3 Å². The highest BCUT2D eigenvalue weighted by molar-refractivity contribution is 7.21. The van der Waals surface area contributed by atoms with Crippen LogP contribution in [0.1, 0.15) is 34.3 Å². The predicted molar refractivity (Wildman–Crippen MR) is 110 cm³/mol. The number of nitrogens with zero attached hydrogens (tertiary/aromatic N) is 1. The Morgan fingerprint density at radius 2 is 2.15 bits per heavy atom. The number of hydrogen-bond donors (Lipinski definition) is 2. The molecule has 134 valence electrons. The molecule has 7 heteroatoms. The third-order valence-corrected chi connectivity index (χ3v) is 6.38. The van der Waals surface area contributed by atoms with Gasteiger partial charge in [-0.3, -0.25) is 4.79 Å². The molecule has 1 atom stereocenters. The Kier molecular flexibility index (Phi) is 4.55. The second-order valence-corrected chi connectivity index (χ2v) is 8.56. The first-order chi connectivity index (χ1) is 12.4. The number of carbonyl (C=O) groups is 1. The lowest BCUT2D eigenvalue weighted by atomic mass is 9.87. The van der Waals surface area contributed by atoms with Crippen LogP contribution in [0.5, 0.6) is 0 Å². The zero-order valence-corrected chi connectivity index (χ0v) is 16.4. The van der Waals surface area contributed by atoms with Gasteiger partial charge in [-0.1, -0.05) is 30.1 Å². The lowest BCUT2D eigenvalue weighted by molar-refractivity contribution is 0.103. The van der Waals surface area contributed by atoms with Crippen LogP contribution in [0.4, 0.5) is 11.4 Å². The quantitative estimate of drug-likeness (QED) is 0.585. The molecule has 1 aliphatic rings. The first-order valence-corrected chi connectivity index (χ1v) is 9.96. The van der Waals surface area contributed by atoms with Gasteiger partial charge < -0.3 is 11.1 Å². The Morgan fingerprint density at radius 1 is 1.35 bits per heavy atom. The molecule has 2 heterocycles. The third kappa shape index (κ3) is 3.15. The first-order valence-electron chi connectivity index (χ1n) is 8.39. The van der Waals surface area contributed by atoms with Gasteiger partial charge in [-0.2, -0.15) is 0 Å². The molecule has 2 aromatic heterocycles. The van der Waals surface area contributed by atoms with Crippen LogP contribution in [-0.2, 0) is 12.8 Å². The topological polar surface area (TPSA) is 68.0 Å². The largest absolute Gasteiger partial charge is 0.397 e. The number of pyridine rings is 1. The van der Waals surface area contributed by atoms with Crippen LogP contribution < -0.4 is 11.1 Å². The summed E-state index contributed by atoms with van der Waals surface area (Å²) in [5.74, 6) is 0.359. The molecule has 1 aromatic carbocycles. The average molecular weight is 406 g/mol. The van der Waals surface area contributed by atoms with Gasteiger partial charge in [0.2, 0.25) is 0 Å². The van der Waals surface area contributed by atoms with E-state index >= 15 is 0 Å². The number of benzene rings is 1. The smallest absolute Gasteiger partial charge is 0.267 e. The highest BCUT2D eigenvalue weighted by Gasteiger charge is 2.22. The van der Waals surface area contributed by atoms with Crippen molar-refractivity contribution in [1.29, 1.82) is 0 Å². The van der Waals surface area contributed by atoms with Gasteiger partial charge in [0.1, 0.15) is 9.71 Å². The van der Waals surface area contributed by atoms with E-state index in [9.17, 15) is 4.79 Å². The minimum atomic E-state index is -0.291. The predicted octanol–water partition coefficient (Wildman–Crippen LogP) is 5.56. The summed E-state index contributed by atoms with van der Waals surface area (Å²) in [4.78, 5) is 18.7. The van der Waals surface area contributed by atoms with Gasteiger partial charge in [0.05, 0.1) is 16.4 Å². The number of rotatable bonds is 2. The minimum absolute atomic E-state index is 0.291. The summed E-state index contributed by atoms with van der Waals surface area (Å²) in [7, 11) is 0. The van der Waals surface area contributed by atoms with E-state index in [1.54, 1.807) is 18.2 Å². The van der Waals surface area contributed by atoms with Crippen molar-refractivity contribution in [3.8, 4) is 0 Å².